The summed E-state index contributed by atoms with van der Waals surface area (Å²) in [5, 5.41) is 0. The molecule has 0 radical (unpaired) electrons. The molecule has 0 amide bonds. The minimum Gasteiger partial charge on any atom is -0.457 e. The van der Waals surface area contributed by atoms with Crippen LogP contribution in [-0.4, -0.2) is 16.4 Å². The van der Waals surface area contributed by atoms with Gasteiger partial charge >= 0.3 is 5.97 Å². The quantitative estimate of drug-likeness (QED) is 0.460. The molecule has 1 aliphatic carbocycles. The van der Waals surface area contributed by atoms with Crippen LogP contribution >= 0.6 is 15.9 Å². The first-order chi connectivity index (χ1) is 5.23. The zero-order valence-corrected chi connectivity index (χ0v) is 7.89. The topological polar surface area (TPSA) is 26.3 Å². The highest BCUT2D eigenvalue weighted by molar-refractivity contribution is 9.09. The van der Waals surface area contributed by atoms with Crippen molar-refractivity contribution in [2.24, 2.45) is 0 Å². The highest BCUT2D eigenvalue weighted by Gasteiger charge is 2.51. The van der Waals surface area contributed by atoms with Gasteiger partial charge in [0.15, 0.2) is 0 Å². The summed E-state index contributed by atoms with van der Waals surface area (Å²) in [5.41, 5.74) is -0.102. The molecule has 1 saturated heterocycles. The van der Waals surface area contributed by atoms with Crippen molar-refractivity contribution in [1.82, 2.24) is 0 Å². The fraction of sp³-hybridized carbons (Fsp3) is 0.875. The molecule has 0 aromatic heterocycles. The monoisotopic (exact) mass is 218 g/mol. The molecule has 1 aliphatic heterocycles. The van der Waals surface area contributed by atoms with Gasteiger partial charge in [-0.25, -0.2) is 0 Å². The predicted octanol–water partition coefficient (Wildman–Crippen LogP) is 2.01. The Hall–Kier alpha value is -0.0500. The van der Waals surface area contributed by atoms with E-state index < -0.39 is 0 Å². The molecule has 2 nitrogen and oxygen atoms in total. The molecule has 1 heterocycles. The molecule has 2 aliphatic rings. The summed E-state index contributed by atoms with van der Waals surface area (Å²) in [6.07, 6.45) is 5.29. The van der Waals surface area contributed by atoms with Crippen LogP contribution in [0.2, 0.25) is 0 Å². The van der Waals surface area contributed by atoms with E-state index in [1.165, 1.54) is 12.8 Å². The average molecular weight is 219 g/mol. The lowest BCUT2D eigenvalue weighted by Crippen LogP contribution is -2.55. The number of carbonyl (C=O) groups is 1. The molecular weight excluding hydrogens is 208 g/mol. The number of alkyl halides is 1. The van der Waals surface area contributed by atoms with Gasteiger partial charge in [0, 0.05) is 0 Å². The number of carbonyl (C=O) groups excluding carboxylic acids is 1. The first-order valence-electron chi connectivity index (χ1n) is 4.09. The maximum Gasteiger partial charge on any atom is 0.310 e. The Bertz CT molecular complexity index is 183. The Morgan fingerprint density at radius 3 is 2.82 bits per heavy atom. The van der Waals surface area contributed by atoms with E-state index in [2.05, 4.69) is 15.9 Å². The molecule has 2 fully saturated rings. The maximum atomic E-state index is 10.7. The second-order valence-electron chi connectivity index (χ2n) is 3.43. The highest BCUT2D eigenvalue weighted by atomic mass is 79.9. The number of hydrogen-bond acceptors (Lipinski definition) is 2. The summed E-state index contributed by atoms with van der Waals surface area (Å²) in [6, 6.07) is 0. The fourth-order valence-corrected chi connectivity index (χ4v) is 2.75. The van der Waals surface area contributed by atoms with Crippen molar-refractivity contribution in [2.45, 2.75) is 42.5 Å². The van der Waals surface area contributed by atoms with Crippen LogP contribution in [0.5, 0.6) is 0 Å². The van der Waals surface area contributed by atoms with E-state index in [-0.39, 0.29) is 11.6 Å². The van der Waals surface area contributed by atoms with Gasteiger partial charge in [0.25, 0.3) is 0 Å². The van der Waals surface area contributed by atoms with Gasteiger partial charge in [0.1, 0.15) is 5.60 Å². The smallest absolute Gasteiger partial charge is 0.310 e. The lowest BCUT2D eigenvalue weighted by Gasteiger charge is -2.46. The van der Waals surface area contributed by atoms with E-state index in [0.29, 0.717) is 11.2 Å². The third-order valence-electron chi connectivity index (χ3n) is 2.64. The van der Waals surface area contributed by atoms with Crippen molar-refractivity contribution in [3.05, 3.63) is 0 Å². The van der Waals surface area contributed by atoms with Gasteiger partial charge in [-0.05, 0) is 19.3 Å². The molecule has 62 valence electrons. The van der Waals surface area contributed by atoms with Gasteiger partial charge in [-0.15, -0.1) is 0 Å². The van der Waals surface area contributed by atoms with Crippen LogP contribution in [0.4, 0.5) is 0 Å². The van der Waals surface area contributed by atoms with E-state index in [1.807, 2.05) is 0 Å². The van der Waals surface area contributed by atoms with Crippen LogP contribution < -0.4 is 0 Å². The van der Waals surface area contributed by atoms with Gasteiger partial charge in [-0.2, -0.15) is 0 Å². The van der Waals surface area contributed by atoms with Gasteiger partial charge in [0.05, 0.1) is 11.2 Å². The zero-order valence-electron chi connectivity index (χ0n) is 6.31. The summed E-state index contributed by atoms with van der Waals surface area (Å²) in [6.45, 7) is 0. The van der Waals surface area contributed by atoms with Crippen molar-refractivity contribution >= 4 is 21.9 Å². The first-order valence-corrected chi connectivity index (χ1v) is 5.00. The van der Waals surface area contributed by atoms with Crippen molar-refractivity contribution in [2.75, 3.05) is 0 Å². The van der Waals surface area contributed by atoms with E-state index in [9.17, 15) is 4.79 Å². The number of rotatable bonds is 0. The van der Waals surface area contributed by atoms with Gasteiger partial charge in [-0.1, -0.05) is 22.4 Å². The molecule has 0 bridgehead atoms. The SMILES string of the molecule is O=C1CC2(CCCCC2Br)O1. The lowest BCUT2D eigenvalue weighted by molar-refractivity contribution is -0.195. The second-order valence-corrected chi connectivity index (χ2v) is 4.53. The summed E-state index contributed by atoms with van der Waals surface area (Å²) >= 11 is 3.57. The number of hydrogen-bond donors (Lipinski definition) is 0. The van der Waals surface area contributed by atoms with Crippen LogP contribution in [-0.2, 0) is 9.53 Å². The Labute approximate surface area is 74.4 Å². The molecule has 3 heteroatoms. The average Bonchev–Trinajstić information content (AvgIpc) is 1.92. The van der Waals surface area contributed by atoms with Gasteiger partial charge < -0.3 is 4.74 Å². The van der Waals surface area contributed by atoms with E-state index in [1.54, 1.807) is 0 Å². The zero-order chi connectivity index (χ0) is 7.90. The normalized spacial score (nSPS) is 43.4. The van der Waals surface area contributed by atoms with Gasteiger partial charge in [-0.3, -0.25) is 4.79 Å². The van der Waals surface area contributed by atoms with Crippen LogP contribution in [0.15, 0.2) is 0 Å². The molecule has 2 unspecified atom stereocenters. The van der Waals surface area contributed by atoms with E-state index >= 15 is 0 Å². The molecular formula is C8H11BrO2. The lowest BCUT2D eigenvalue weighted by atomic mass is 9.79. The number of esters is 1. The standard InChI is InChI=1S/C8H11BrO2/c9-6-3-1-2-4-8(6)5-7(10)11-8/h6H,1-5H2. The molecule has 1 spiro atoms. The Balaban J connectivity index is 2.05. The van der Waals surface area contributed by atoms with Crippen molar-refractivity contribution in [3.8, 4) is 0 Å². The van der Waals surface area contributed by atoms with Crippen LogP contribution in [0, 0.1) is 0 Å². The second kappa shape index (κ2) is 2.47. The first kappa shape index (κ1) is 7.59. The third kappa shape index (κ3) is 1.10. The predicted molar refractivity (Wildman–Crippen MR) is 44.6 cm³/mol. The summed E-state index contributed by atoms with van der Waals surface area (Å²) in [5.74, 6) is -0.0312. The Kier molecular flexibility index (Phi) is 1.71. The molecule has 0 aromatic carbocycles. The molecule has 11 heavy (non-hydrogen) atoms. The van der Waals surface area contributed by atoms with Crippen molar-refractivity contribution in [1.29, 1.82) is 0 Å². The summed E-state index contributed by atoms with van der Waals surface area (Å²) in [7, 11) is 0. The highest BCUT2D eigenvalue weighted by Crippen LogP contribution is 2.44. The number of ether oxygens (including phenoxy) is 1. The molecule has 0 N–H and O–H groups in total. The number of halogens is 1. The minimum atomic E-state index is -0.102. The van der Waals surface area contributed by atoms with Crippen molar-refractivity contribution < 1.29 is 9.53 Å². The summed E-state index contributed by atoms with van der Waals surface area (Å²) < 4.78 is 5.19. The van der Waals surface area contributed by atoms with Crippen LogP contribution in [0.3, 0.4) is 0 Å². The largest absolute Gasteiger partial charge is 0.457 e. The Morgan fingerprint density at radius 2 is 2.27 bits per heavy atom. The molecule has 1 saturated carbocycles. The molecule has 2 atom stereocenters. The van der Waals surface area contributed by atoms with Crippen LogP contribution in [0.25, 0.3) is 0 Å². The molecule has 2 rings (SSSR count). The van der Waals surface area contributed by atoms with Crippen LogP contribution in [0.1, 0.15) is 32.1 Å². The fourth-order valence-electron chi connectivity index (χ4n) is 1.94. The minimum absolute atomic E-state index is 0.0312. The summed E-state index contributed by atoms with van der Waals surface area (Å²) in [4.78, 5) is 11.1. The third-order valence-corrected chi connectivity index (χ3v) is 3.93. The maximum absolute atomic E-state index is 10.7. The van der Waals surface area contributed by atoms with E-state index in [0.717, 1.165) is 12.8 Å². The Morgan fingerprint density at radius 1 is 1.55 bits per heavy atom. The molecule has 0 aromatic rings. The van der Waals surface area contributed by atoms with Crippen molar-refractivity contribution in [3.63, 3.8) is 0 Å². The van der Waals surface area contributed by atoms with Gasteiger partial charge in [0.2, 0.25) is 0 Å². The van der Waals surface area contributed by atoms with E-state index in [4.69, 9.17) is 4.74 Å².